The van der Waals surface area contributed by atoms with E-state index in [1.807, 2.05) is 32.1 Å². The zero-order valence-corrected chi connectivity index (χ0v) is 16.6. The first kappa shape index (κ1) is 19.2. The molecule has 3 aromatic rings. The second kappa shape index (κ2) is 8.10. The van der Waals surface area contributed by atoms with Gasteiger partial charge in [0.2, 0.25) is 0 Å². The molecule has 1 saturated heterocycles. The second-order valence-corrected chi connectivity index (χ2v) is 7.45. The van der Waals surface area contributed by atoms with Crippen LogP contribution in [-0.4, -0.2) is 56.8 Å². The van der Waals surface area contributed by atoms with Crippen LogP contribution >= 0.6 is 11.7 Å². The zero-order chi connectivity index (χ0) is 20.4. The normalized spacial score (nSPS) is 16.0. The largest absolute Gasteiger partial charge is 0.505 e. The van der Waals surface area contributed by atoms with Gasteiger partial charge in [-0.05, 0) is 24.6 Å². The summed E-state index contributed by atoms with van der Waals surface area (Å²) in [5, 5.41) is 26.6. The van der Waals surface area contributed by atoms with Crippen LogP contribution < -0.4 is 16.1 Å². The third-order valence-corrected chi connectivity index (χ3v) is 5.39. The number of likely N-dealkylation sites (tertiary alicyclic amines) is 1. The number of phenolic OH excluding ortho intramolecular Hbond substituents is 1. The van der Waals surface area contributed by atoms with E-state index in [0.717, 1.165) is 22.9 Å². The number of hydrogen-bond acceptors (Lipinski definition) is 8. The van der Waals surface area contributed by atoms with Gasteiger partial charge in [-0.2, -0.15) is 8.75 Å². The van der Waals surface area contributed by atoms with Crippen LogP contribution in [0.15, 0.2) is 42.5 Å². The van der Waals surface area contributed by atoms with Gasteiger partial charge in [0.1, 0.15) is 7.85 Å². The molecule has 2 aromatic carbocycles. The number of β-amino-alcohol motifs (C(OH)–C–C–N with tert-alkyl or cyclic N) is 1. The van der Waals surface area contributed by atoms with Crippen molar-refractivity contribution in [3.8, 4) is 5.75 Å². The summed E-state index contributed by atoms with van der Waals surface area (Å²) < 4.78 is 8.54. The van der Waals surface area contributed by atoms with Gasteiger partial charge in [0, 0.05) is 18.8 Å². The number of carbonyl (C=O) groups excluding carboxylic acids is 1. The molecule has 1 amide bonds. The highest BCUT2D eigenvalue weighted by atomic mass is 32.1. The highest BCUT2D eigenvalue weighted by Crippen LogP contribution is 2.33. The molecule has 0 radical (unpaired) electrons. The highest BCUT2D eigenvalue weighted by molar-refractivity contribution is 6.99. The van der Waals surface area contributed by atoms with Crippen molar-refractivity contribution in [2.75, 3.05) is 23.7 Å². The maximum absolute atomic E-state index is 12.7. The third kappa shape index (κ3) is 4.03. The fourth-order valence-electron chi connectivity index (χ4n) is 3.23. The summed E-state index contributed by atoms with van der Waals surface area (Å²) in [7, 11) is 1.99. The number of phenols is 1. The first-order valence-corrected chi connectivity index (χ1v) is 9.97. The third-order valence-electron chi connectivity index (χ3n) is 4.86. The van der Waals surface area contributed by atoms with E-state index in [1.54, 1.807) is 23.1 Å². The fraction of sp³-hybridized carbons (Fsp3) is 0.211. The second-order valence-electron chi connectivity index (χ2n) is 6.92. The molecule has 8 nitrogen and oxygen atoms in total. The summed E-state index contributed by atoms with van der Waals surface area (Å²) in [4.78, 5) is 14.2. The SMILES string of the molecule is Bc1ccccc1Nc1nsnc1Nc1cccc(C(=O)N2CC[C@@H](O)C2)c1O. The van der Waals surface area contributed by atoms with Crippen LogP contribution in [0.4, 0.5) is 23.0 Å². The van der Waals surface area contributed by atoms with Crippen molar-refractivity contribution in [1.29, 1.82) is 0 Å². The lowest BCUT2D eigenvalue weighted by Crippen LogP contribution is -2.29. The molecule has 1 atom stereocenters. The van der Waals surface area contributed by atoms with Gasteiger partial charge in [0.15, 0.2) is 17.4 Å². The Bertz CT molecular complexity index is 1040. The van der Waals surface area contributed by atoms with E-state index in [4.69, 9.17) is 0 Å². The fourth-order valence-corrected chi connectivity index (χ4v) is 3.70. The van der Waals surface area contributed by atoms with Gasteiger partial charge in [0.25, 0.3) is 5.91 Å². The number of aliphatic hydroxyl groups excluding tert-OH is 1. The molecular formula is C19H20BN5O3S. The summed E-state index contributed by atoms with van der Waals surface area (Å²) in [5.74, 6) is 0.518. The average Bonchev–Trinajstić information content (AvgIpc) is 3.34. The number of benzene rings is 2. The van der Waals surface area contributed by atoms with Gasteiger partial charge in [-0.15, -0.1) is 0 Å². The molecule has 29 heavy (non-hydrogen) atoms. The van der Waals surface area contributed by atoms with Crippen LogP contribution in [0.3, 0.4) is 0 Å². The van der Waals surface area contributed by atoms with Crippen LogP contribution in [0.25, 0.3) is 0 Å². The number of hydrogen-bond donors (Lipinski definition) is 4. The van der Waals surface area contributed by atoms with E-state index in [-0.39, 0.29) is 23.8 Å². The lowest BCUT2D eigenvalue weighted by Gasteiger charge is -2.17. The number of aromatic nitrogens is 2. The Morgan fingerprint density at radius 2 is 1.79 bits per heavy atom. The van der Waals surface area contributed by atoms with Gasteiger partial charge in [-0.3, -0.25) is 4.79 Å². The molecule has 1 aliphatic rings. The van der Waals surface area contributed by atoms with Crippen molar-refractivity contribution < 1.29 is 15.0 Å². The molecule has 0 aliphatic carbocycles. The number of aromatic hydroxyl groups is 1. The molecule has 0 spiro atoms. The van der Waals surface area contributed by atoms with Crippen LogP contribution in [0.2, 0.25) is 0 Å². The van der Waals surface area contributed by atoms with Crippen LogP contribution in [0, 0.1) is 0 Å². The minimum absolute atomic E-state index is 0.159. The molecule has 1 aromatic heterocycles. The molecular weight excluding hydrogens is 389 g/mol. The summed E-state index contributed by atoms with van der Waals surface area (Å²) in [6.07, 6.45) is 0.0293. The maximum Gasteiger partial charge on any atom is 0.257 e. The number of anilines is 4. The first-order chi connectivity index (χ1) is 14.0. The molecule has 4 N–H and O–H groups in total. The highest BCUT2D eigenvalue weighted by Gasteiger charge is 2.27. The van der Waals surface area contributed by atoms with Gasteiger partial charge >= 0.3 is 0 Å². The molecule has 0 unspecified atom stereocenters. The topological polar surface area (TPSA) is 111 Å². The number of aliphatic hydroxyl groups is 1. The maximum atomic E-state index is 12.7. The Morgan fingerprint density at radius 1 is 1.10 bits per heavy atom. The zero-order valence-electron chi connectivity index (χ0n) is 15.8. The van der Waals surface area contributed by atoms with Gasteiger partial charge in [0.05, 0.1) is 29.1 Å². The lowest BCUT2D eigenvalue weighted by atomic mass is 9.94. The summed E-state index contributed by atoms with van der Waals surface area (Å²) in [6, 6.07) is 12.7. The van der Waals surface area contributed by atoms with Crippen molar-refractivity contribution >= 4 is 54.0 Å². The lowest BCUT2D eigenvalue weighted by molar-refractivity contribution is 0.0762. The average molecular weight is 409 g/mol. The van der Waals surface area contributed by atoms with E-state index < -0.39 is 6.10 Å². The van der Waals surface area contributed by atoms with E-state index >= 15 is 0 Å². The van der Waals surface area contributed by atoms with E-state index in [9.17, 15) is 15.0 Å². The van der Waals surface area contributed by atoms with E-state index in [2.05, 4.69) is 19.4 Å². The van der Waals surface area contributed by atoms with E-state index in [1.165, 1.54) is 0 Å². The van der Waals surface area contributed by atoms with Gasteiger partial charge < -0.3 is 25.7 Å². The number of nitrogens with one attached hydrogen (secondary N) is 2. The number of rotatable bonds is 5. The number of amides is 1. The Morgan fingerprint density at radius 3 is 2.48 bits per heavy atom. The van der Waals surface area contributed by atoms with Crippen molar-refractivity contribution in [3.05, 3.63) is 48.0 Å². The first-order valence-electron chi connectivity index (χ1n) is 9.24. The van der Waals surface area contributed by atoms with Crippen LogP contribution in [0.5, 0.6) is 5.75 Å². The van der Waals surface area contributed by atoms with Crippen molar-refractivity contribution in [2.45, 2.75) is 12.5 Å². The number of nitrogens with zero attached hydrogens (tertiary/aromatic N) is 3. The Labute approximate surface area is 172 Å². The Kier molecular flexibility index (Phi) is 5.37. The Balaban J connectivity index is 1.56. The quantitative estimate of drug-likeness (QED) is 0.370. The molecule has 0 bridgehead atoms. The van der Waals surface area contributed by atoms with Gasteiger partial charge in [-0.1, -0.05) is 29.7 Å². The molecule has 10 heteroatoms. The molecule has 4 rings (SSSR count). The predicted molar refractivity (Wildman–Crippen MR) is 116 cm³/mol. The minimum atomic E-state index is -0.515. The summed E-state index contributed by atoms with van der Waals surface area (Å²) in [5.41, 5.74) is 2.51. The van der Waals surface area contributed by atoms with Crippen LogP contribution in [0.1, 0.15) is 16.8 Å². The summed E-state index contributed by atoms with van der Waals surface area (Å²) in [6.45, 7) is 0.744. The monoisotopic (exact) mass is 409 g/mol. The smallest absolute Gasteiger partial charge is 0.257 e. The van der Waals surface area contributed by atoms with Crippen LogP contribution in [-0.2, 0) is 0 Å². The standard InChI is InChI=1S/C19H20BN5O3S/c20-13-5-1-2-6-14(13)21-17-18(24-29-23-17)22-15-7-3-4-12(16(15)27)19(28)25-9-8-11(26)10-25/h1-7,11,26-27H,8-10,20H2,(H,21,23)(H,22,24)/t11-/m1/s1. The van der Waals surface area contributed by atoms with Crippen molar-refractivity contribution in [1.82, 2.24) is 13.6 Å². The van der Waals surface area contributed by atoms with Gasteiger partial charge in [-0.25, -0.2) is 0 Å². The summed E-state index contributed by atoms with van der Waals surface area (Å²) >= 11 is 1.04. The molecule has 2 heterocycles. The molecule has 1 fully saturated rings. The number of carbonyl (C=O) groups is 1. The minimum Gasteiger partial charge on any atom is -0.505 e. The van der Waals surface area contributed by atoms with Crippen molar-refractivity contribution in [2.24, 2.45) is 0 Å². The molecule has 148 valence electrons. The predicted octanol–water partition coefficient (Wildman–Crippen LogP) is 1.20. The van der Waals surface area contributed by atoms with Crippen molar-refractivity contribution in [3.63, 3.8) is 0 Å². The van der Waals surface area contributed by atoms with E-state index in [0.29, 0.717) is 30.3 Å². The Hall–Kier alpha value is -3.11. The number of para-hydroxylation sites is 2. The molecule has 0 saturated carbocycles. The molecule has 1 aliphatic heterocycles.